The van der Waals surface area contributed by atoms with Gasteiger partial charge in [0.2, 0.25) is 0 Å². The van der Waals surface area contributed by atoms with Crippen molar-refractivity contribution in [3.05, 3.63) is 65.2 Å². The second kappa shape index (κ2) is 6.28. The molecule has 0 radical (unpaired) electrons. The third-order valence-electron chi connectivity index (χ3n) is 2.70. The number of benzene rings is 2. The van der Waals surface area contributed by atoms with E-state index in [2.05, 4.69) is 0 Å². The van der Waals surface area contributed by atoms with E-state index in [-0.39, 0.29) is 12.4 Å². The van der Waals surface area contributed by atoms with E-state index in [9.17, 15) is 13.6 Å². The number of carbonyl (C=O) groups is 1. The van der Waals surface area contributed by atoms with E-state index >= 15 is 0 Å². The SMILES string of the molecule is CC(=O)Cc1ccc(OCc2cc(F)cc(F)c2)cc1. The summed E-state index contributed by atoms with van der Waals surface area (Å²) in [6, 6.07) is 10.3. The molecule has 0 heterocycles. The molecule has 0 aliphatic carbocycles. The standard InChI is InChI=1S/C16H14F2O2/c1-11(19)6-12-2-4-16(5-3-12)20-10-13-7-14(17)9-15(18)8-13/h2-5,7-9H,6,10H2,1H3. The fourth-order valence-electron chi connectivity index (χ4n) is 1.85. The van der Waals surface area contributed by atoms with Gasteiger partial charge in [-0.05, 0) is 42.3 Å². The Labute approximate surface area is 116 Å². The Morgan fingerprint density at radius 1 is 1.00 bits per heavy atom. The lowest BCUT2D eigenvalue weighted by molar-refractivity contribution is -0.116. The van der Waals surface area contributed by atoms with Gasteiger partial charge in [-0.25, -0.2) is 8.78 Å². The van der Waals surface area contributed by atoms with Gasteiger partial charge in [0.25, 0.3) is 0 Å². The minimum atomic E-state index is -0.625. The van der Waals surface area contributed by atoms with Crippen LogP contribution in [-0.4, -0.2) is 5.78 Å². The molecule has 0 bridgehead atoms. The van der Waals surface area contributed by atoms with E-state index in [0.29, 0.717) is 17.7 Å². The van der Waals surface area contributed by atoms with Gasteiger partial charge in [-0.3, -0.25) is 4.79 Å². The Morgan fingerprint density at radius 3 is 2.15 bits per heavy atom. The van der Waals surface area contributed by atoms with Crippen molar-refractivity contribution in [1.29, 1.82) is 0 Å². The summed E-state index contributed by atoms with van der Waals surface area (Å²) in [5.41, 5.74) is 1.33. The Morgan fingerprint density at radius 2 is 1.60 bits per heavy atom. The summed E-state index contributed by atoms with van der Waals surface area (Å²) in [6.07, 6.45) is 0.384. The highest BCUT2D eigenvalue weighted by Crippen LogP contribution is 2.16. The van der Waals surface area contributed by atoms with Crippen LogP contribution in [0.5, 0.6) is 5.75 Å². The summed E-state index contributed by atoms with van der Waals surface area (Å²) in [5, 5.41) is 0. The molecule has 2 nitrogen and oxygen atoms in total. The molecule has 0 aliphatic heterocycles. The first-order chi connectivity index (χ1) is 9.52. The van der Waals surface area contributed by atoms with Gasteiger partial charge in [0.05, 0.1) is 0 Å². The molecule has 0 aromatic heterocycles. The van der Waals surface area contributed by atoms with Crippen LogP contribution in [0.15, 0.2) is 42.5 Å². The molecule has 0 fully saturated rings. The molecule has 0 saturated heterocycles. The minimum Gasteiger partial charge on any atom is -0.489 e. The summed E-state index contributed by atoms with van der Waals surface area (Å²) in [4.78, 5) is 11.0. The maximum atomic E-state index is 13.0. The van der Waals surface area contributed by atoms with E-state index in [1.54, 1.807) is 24.3 Å². The normalized spacial score (nSPS) is 10.3. The Bertz CT molecular complexity index is 586. The molecule has 0 N–H and O–H groups in total. The molecule has 0 saturated carbocycles. The average Bonchev–Trinajstić information content (AvgIpc) is 2.36. The highest BCUT2D eigenvalue weighted by molar-refractivity contribution is 5.78. The van der Waals surface area contributed by atoms with Crippen LogP contribution in [0.1, 0.15) is 18.1 Å². The molecule has 2 rings (SSSR count). The highest BCUT2D eigenvalue weighted by atomic mass is 19.1. The van der Waals surface area contributed by atoms with E-state index < -0.39 is 11.6 Å². The molecular weight excluding hydrogens is 262 g/mol. The van der Waals surface area contributed by atoms with Crippen LogP contribution in [0.25, 0.3) is 0 Å². The molecule has 0 amide bonds. The molecule has 20 heavy (non-hydrogen) atoms. The molecule has 2 aromatic rings. The van der Waals surface area contributed by atoms with E-state index in [0.717, 1.165) is 11.6 Å². The summed E-state index contributed by atoms with van der Waals surface area (Å²) >= 11 is 0. The second-order valence-electron chi connectivity index (χ2n) is 4.59. The first-order valence-electron chi connectivity index (χ1n) is 6.19. The van der Waals surface area contributed by atoms with Crippen molar-refractivity contribution in [2.75, 3.05) is 0 Å². The van der Waals surface area contributed by atoms with Gasteiger partial charge < -0.3 is 4.74 Å². The first-order valence-corrected chi connectivity index (χ1v) is 6.19. The first kappa shape index (κ1) is 14.2. The van der Waals surface area contributed by atoms with Crippen molar-refractivity contribution in [3.63, 3.8) is 0 Å². The van der Waals surface area contributed by atoms with Gasteiger partial charge in [0, 0.05) is 12.5 Å². The highest BCUT2D eigenvalue weighted by Gasteiger charge is 2.02. The van der Waals surface area contributed by atoms with Gasteiger partial charge in [-0.2, -0.15) is 0 Å². The number of carbonyl (C=O) groups excluding carboxylic acids is 1. The topological polar surface area (TPSA) is 26.3 Å². The molecule has 0 spiro atoms. The summed E-state index contributed by atoms with van der Waals surface area (Å²) in [7, 11) is 0. The lowest BCUT2D eigenvalue weighted by Gasteiger charge is -2.07. The fraction of sp³-hybridized carbons (Fsp3) is 0.188. The van der Waals surface area contributed by atoms with Gasteiger partial charge in [-0.15, -0.1) is 0 Å². The van der Waals surface area contributed by atoms with Crippen molar-refractivity contribution in [1.82, 2.24) is 0 Å². The number of rotatable bonds is 5. The fourth-order valence-corrected chi connectivity index (χ4v) is 1.85. The molecular formula is C16H14F2O2. The second-order valence-corrected chi connectivity index (χ2v) is 4.59. The van der Waals surface area contributed by atoms with Gasteiger partial charge in [-0.1, -0.05) is 12.1 Å². The Hall–Kier alpha value is -2.23. The largest absolute Gasteiger partial charge is 0.489 e. The van der Waals surface area contributed by atoms with Crippen LogP contribution < -0.4 is 4.74 Å². The lowest BCUT2D eigenvalue weighted by atomic mass is 10.1. The zero-order valence-electron chi connectivity index (χ0n) is 11.0. The van der Waals surface area contributed by atoms with Gasteiger partial charge in [0.15, 0.2) is 0 Å². The van der Waals surface area contributed by atoms with E-state index in [1.807, 2.05) is 0 Å². The number of Topliss-reactive ketones (excluding diaryl/α,β-unsaturated/α-hetero) is 1. The van der Waals surface area contributed by atoms with Crippen molar-refractivity contribution >= 4 is 5.78 Å². The number of halogens is 2. The van der Waals surface area contributed by atoms with Crippen molar-refractivity contribution < 1.29 is 18.3 Å². The maximum Gasteiger partial charge on any atom is 0.134 e. The van der Waals surface area contributed by atoms with Crippen LogP contribution in [-0.2, 0) is 17.8 Å². The number of ketones is 1. The number of hydrogen-bond donors (Lipinski definition) is 0. The molecule has 0 atom stereocenters. The Balaban J connectivity index is 1.98. The predicted octanol–water partition coefficient (Wildman–Crippen LogP) is 3.68. The third-order valence-corrected chi connectivity index (χ3v) is 2.70. The quantitative estimate of drug-likeness (QED) is 0.832. The molecule has 0 unspecified atom stereocenters. The monoisotopic (exact) mass is 276 g/mol. The van der Waals surface area contributed by atoms with Crippen molar-refractivity contribution in [2.24, 2.45) is 0 Å². The van der Waals surface area contributed by atoms with E-state index in [1.165, 1.54) is 19.1 Å². The predicted molar refractivity (Wildman–Crippen MR) is 71.5 cm³/mol. The molecule has 0 aliphatic rings. The summed E-state index contributed by atoms with van der Waals surface area (Å²) in [6.45, 7) is 1.61. The molecule has 4 heteroatoms. The zero-order valence-corrected chi connectivity index (χ0v) is 11.0. The summed E-state index contributed by atoms with van der Waals surface area (Å²) < 4.78 is 31.4. The van der Waals surface area contributed by atoms with Gasteiger partial charge in [0.1, 0.15) is 29.8 Å². The van der Waals surface area contributed by atoms with Crippen LogP contribution in [0.4, 0.5) is 8.78 Å². The molecule has 104 valence electrons. The van der Waals surface area contributed by atoms with Crippen LogP contribution in [0.3, 0.4) is 0 Å². The van der Waals surface area contributed by atoms with Crippen LogP contribution in [0, 0.1) is 11.6 Å². The minimum absolute atomic E-state index is 0.0841. The zero-order chi connectivity index (χ0) is 14.5. The van der Waals surface area contributed by atoms with Gasteiger partial charge >= 0.3 is 0 Å². The number of ether oxygens (including phenoxy) is 1. The third kappa shape index (κ3) is 4.16. The van der Waals surface area contributed by atoms with Crippen molar-refractivity contribution in [3.8, 4) is 5.75 Å². The molecule has 2 aromatic carbocycles. The average molecular weight is 276 g/mol. The van der Waals surface area contributed by atoms with Crippen LogP contribution >= 0.6 is 0 Å². The summed E-state index contributed by atoms with van der Waals surface area (Å²) in [5.74, 6) is -0.573. The smallest absolute Gasteiger partial charge is 0.134 e. The van der Waals surface area contributed by atoms with Crippen molar-refractivity contribution in [2.45, 2.75) is 20.0 Å². The van der Waals surface area contributed by atoms with Crippen LogP contribution in [0.2, 0.25) is 0 Å². The van der Waals surface area contributed by atoms with E-state index in [4.69, 9.17) is 4.74 Å². The Kier molecular flexibility index (Phi) is 4.45. The number of hydrogen-bond acceptors (Lipinski definition) is 2. The maximum absolute atomic E-state index is 13.0. The lowest BCUT2D eigenvalue weighted by Crippen LogP contribution is -1.98.